The molecule has 0 bridgehead atoms. The van der Waals surface area contributed by atoms with Gasteiger partial charge < -0.3 is 24.4 Å². The molecule has 2 N–H and O–H groups in total. The maximum absolute atomic E-state index is 12.3. The van der Waals surface area contributed by atoms with Crippen LogP contribution in [0.5, 0.6) is 11.5 Å². The summed E-state index contributed by atoms with van der Waals surface area (Å²) in [5.74, 6) is -1.44. The molecular formula is C29H32N2O7. The lowest BCUT2D eigenvalue weighted by molar-refractivity contribution is -0.143. The monoisotopic (exact) mass is 520 g/mol. The Hall–Kier alpha value is -4.60. The number of esters is 2. The molecule has 9 heteroatoms. The summed E-state index contributed by atoms with van der Waals surface area (Å²) in [5.41, 5.74) is 0.704. The standard InChI is InChI=1S/C28H28N2O7.CH4/c1-3-24(31)18-35-26-10-6-21(7-11-26)13-23(15-30)28(34)37-17-19(2)16-36-27(33)22(14-29)12-20-4-8-25(32)9-5-20;/h4-13,19,24,31-32H,3,16-18H2,1-2H3;1H4/b22-12+,23-13+;. The van der Waals surface area contributed by atoms with Crippen molar-refractivity contribution in [3.63, 3.8) is 0 Å². The maximum Gasteiger partial charge on any atom is 0.348 e. The first-order chi connectivity index (χ1) is 17.7. The van der Waals surface area contributed by atoms with E-state index >= 15 is 0 Å². The Morgan fingerprint density at radius 2 is 1.32 bits per heavy atom. The maximum atomic E-state index is 12.3. The van der Waals surface area contributed by atoms with Gasteiger partial charge in [-0.1, -0.05) is 45.5 Å². The smallest absolute Gasteiger partial charge is 0.348 e. The van der Waals surface area contributed by atoms with E-state index in [1.807, 2.05) is 13.0 Å². The van der Waals surface area contributed by atoms with Crippen LogP contribution in [0.3, 0.4) is 0 Å². The highest BCUT2D eigenvalue weighted by molar-refractivity contribution is 5.98. The van der Waals surface area contributed by atoms with E-state index in [-0.39, 0.29) is 44.1 Å². The van der Waals surface area contributed by atoms with Crippen molar-refractivity contribution < 1.29 is 34.0 Å². The van der Waals surface area contributed by atoms with Crippen LogP contribution in [0.2, 0.25) is 0 Å². The molecule has 2 aromatic rings. The summed E-state index contributed by atoms with van der Waals surface area (Å²) in [6.07, 6.45) is 2.74. The number of nitriles is 2. The zero-order chi connectivity index (χ0) is 27.2. The number of aliphatic hydroxyl groups is 1. The normalized spacial score (nSPS) is 12.7. The third-order valence-electron chi connectivity index (χ3n) is 4.99. The topological polar surface area (TPSA) is 150 Å². The second kappa shape index (κ2) is 16.2. The lowest BCUT2D eigenvalue weighted by atomic mass is 10.1. The molecule has 0 aliphatic heterocycles. The molecule has 2 aromatic carbocycles. The molecule has 0 heterocycles. The third kappa shape index (κ3) is 10.6. The van der Waals surface area contributed by atoms with Crippen LogP contribution in [0.15, 0.2) is 59.7 Å². The first-order valence-electron chi connectivity index (χ1n) is 11.5. The highest BCUT2D eigenvalue weighted by atomic mass is 16.5. The number of hydrogen-bond donors (Lipinski definition) is 2. The number of benzene rings is 2. The van der Waals surface area contributed by atoms with E-state index in [0.29, 0.717) is 23.3 Å². The molecule has 0 aliphatic carbocycles. The number of hydrogen-bond acceptors (Lipinski definition) is 9. The Kier molecular flexibility index (Phi) is 13.4. The Bertz CT molecular complexity index is 1200. The van der Waals surface area contributed by atoms with Crippen molar-refractivity contribution in [3.8, 4) is 23.6 Å². The summed E-state index contributed by atoms with van der Waals surface area (Å²) in [7, 11) is 0. The molecule has 0 fully saturated rings. The van der Waals surface area contributed by atoms with E-state index in [9.17, 15) is 30.3 Å². The van der Waals surface area contributed by atoms with Crippen molar-refractivity contribution in [2.45, 2.75) is 33.8 Å². The van der Waals surface area contributed by atoms with Gasteiger partial charge in [0, 0.05) is 5.92 Å². The van der Waals surface area contributed by atoms with Crippen LogP contribution >= 0.6 is 0 Å². The molecule has 2 rings (SSSR count). The summed E-state index contributed by atoms with van der Waals surface area (Å²) >= 11 is 0. The summed E-state index contributed by atoms with van der Waals surface area (Å²) in [6, 6.07) is 16.2. The average Bonchev–Trinajstić information content (AvgIpc) is 2.92. The average molecular weight is 521 g/mol. The first-order valence-corrected chi connectivity index (χ1v) is 11.5. The van der Waals surface area contributed by atoms with Crippen LogP contribution in [0.1, 0.15) is 38.8 Å². The van der Waals surface area contributed by atoms with Crippen LogP contribution in [0.4, 0.5) is 0 Å². The van der Waals surface area contributed by atoms with Crippen molar-refractivity contribution in [1.82, 2.24) is 0 Å². The van der Waals surface area contributed by atoms with Gasteiger partial charge in [0.15, 0.2) is 0 Å². The van der Waals surface area contributed by atoms with Crippen LogP contribution in [0.25, 0.3) is 12.2 Å². The van der Waals surface area contributed by atoms with E-state index in [1.54, 1.807) is 49.4 Å². The van der Waals surface area contributed by atoms with Crippen molar-refractivity contribution >= 4 is 24.1 Å². The highest BCUT2D eigenvalue weighted by Crippen LogP contribution is 2.16. The van der Waals surface area contributed by atoms with Crippen molar-refractivity contribution in [2.75, 3.05) is 19.8 Å². The Balaban J connectivity index is 0.00000722. The molecular weight excluding hydrogens is 488 g/mol. The van der Waals surface area contributed by atoms with Gasteiger partial charge in [-0.2, -0.15) is 10.5 Å². The molecule has 0 radical (unpaired) electrons. The first kappa shape index (κ1) is 31.4. The highest BCUT2D eigenvalue weighted by Gasteiger charge is 2.16. The fourth-order valence-electron chi connectivity index (χ4n) is 2.79. The lowest BCUT2D eigenvalue weighted by Gasteiger charge is -2.12. The zero-order valence-electron chi connectivity index (χ0n) is 20.6. The molecule has 2 unspecified atom stereocenters. The molecule has 0 aliphatic rings. The van der Waals surface area contributed by atoms with E-state index in [2.05, 4.69) is 0 Å². The molecule has 0 aromatic heterocycles. The fourth-order valence-corrected chi connectivity index (χ4v) is 2.79. The quantitative estimate of drug-likeness (QED) is 0.235. The van der Waals surface area contributed by atoms with Crippen molar-refractivity contribution in [2.24, 2.45) is 5.92 Å². The van der Waals surface area contributed by atoms with E-state index in [1.165, 1.54) is 24.3 Å². The van der Waals surface area contributed by atoms with E-state index < -0.39 is 24.0 Å². The number of ether oxygens (including phenoxy) is 3. The predicted octanol–water partition coefficient (Wildman–Crippen LogP) is 4.41. The lowest BCUT2D eigenvalue weighted by Crippen LogP contribution is -2.19. The molecule has 0 amide bonds. The van der Waals surface area contributed by atoms with Crippen LogP contribution in [0, 0.1) is 28.6 Å². The van der Waals surface area contributed by atoms with Crippen molar-refractivity contribution in [1.29, 1.82) is 10.5 Å². The van der Waals surface area contributed by atoms with Gasteiger partial charge in [-0.25, -0.2) is 9.59 Å². The second-order valence-electron chi connectivity index (χ2n) is 8.18. The Labute approximate surface area is 222 Å². The molecule has 2 atom stereocenters. The number of rotatable bonds is 12. The number of phenols is 1. The number of nitrogens with zero attached hydrogens (tertiary/aromatic N) is 2. The van der Waals surface area contributed by atoms with E-state index in [0.717, 1.165) is 0 Å². The second-order valence-corrected chi connectivity index (χ2v) is 8.18. The molecule has 38 heavy (non-hydrogen) atoms. The summed E-state index contributed by atoms with van der Waals surface area (Å²) in [4.78, 5) is 24.6. The van der Waals surface area contributed by atoms with Crippen molar-refractivity contribution in [3.05, 3.63) is 70.8 Å². The Morgan fingerprint density at radius 1 is 0.868 bits per heavy atom. The third-order valence-corrected chi connectivity index (χ3v) is 4.99. The Morgan fingerprint density at radius 3 is 1.74 bits per heavy atom. The zero-order valence-corrected chi connectivity index (χ0v) is 20.6. The minimum atomic E-state index is -0.831. The minimum Gasteiger partial charge on any atom is -0.508 e. The van der Waals surface area contributed by atoms with Crippen LogP contribution in [-0.2, 0) is 19.1 Å². The molecule has 0 saturated carbocycles. The number of carbonyl (C=O) groups is 2. The minimum absolute atomic E-state index is 0. The summed E-state index contributed by atoms with van der Waals surface area (Å²) < 4.78 is 15.8. The number of aliphatic hydroxyl groups excluding tert-OH is 1. The summed E-state index contributed by atoms with van der Waals surface area (Å²) in [6.45, 7) is 3.48. The molecule has 0 spiro atoms. The SMILES string of the molecule is C.CCC(O)COc1ccc(/C=C(\C#N)C(=O)OCC(C)COC(=O)/C(C#N)=C/c2ccc(O)cc2)cc1. The predicted molar refractivity (Wildman–Crippen MR) is 141 cm³/mol. The van der Waals surface area contributed by atoms with Gasteiger partial charge in [-0.3, -0.25) is 0 Å². The number of carbonyl (C=O) groups excluding carboxylic acids is 2. The van der Waals surface area contributed by atoms with Gasteiger partial charge in [0.1, 0.15) is 41.4 Å². The van der Waals surface area contributed by atoms with Gasteiger partial charge in [-0.15, -0.1) is 0 Å². The molecule has 0 saturated heterocycles. The molecule has 200 valence electrons. The van der Waals surface area contributed by atoms with Crippen LogP contribution < -0.4 is 4.74 Å². The largest absolute Gasteiger partial charge is 0.508 e. The van der Waals surface area contributed by atoms with Crippen LogP contribution in [-0.4, -0.2) is 48.1 Å². The molecule has 9 nitrogen and oxygen atoms in total. The summed E-state index contributed by atoms with van der Waals surface area (Å²) in [5, 5.41) is 37.5. The van der Waals surface area contributed by atoms with Gasteiger partial charge in [-0.05, 0) is 54.0 Å². The number of aromatic hydroxyl groups is 1. The fraction of sp³-hybridized carbons (Fsp3) is 0.310. The van der Waals surface area contributed by atoms with Gasteiger partial charge >= 0.3 is 11.9 Å². The number of phenolic OH excluding ortho intramolecular Hbond substituents is 1. The van der Waals surface area contributed by atoms with E-state index in [4.69, 9.17) is 14.2 Å². The van der Waals surface area contributed by atoms with Gasteiger partial charge in [0.2, 0.25) is 0 Å². The van der Waals surface area contributed by atoms with Gasteiger partial charge in [0.25, 0.3) is 0 Å². The van der Waals surface area contributed by atoms with Gasteiger partial charge in [0.05, 0.1) is 19.3 Å².